The lowest BCUT2D eigenvalue weighted by molar-refractivity contribution is -0.121. The Morgan fingerprint density at radius 3 is 3.00 bits per heavy atom. The molecule has 0 radical (unpaired) electrons. The molecule has 0 bridgehead atoms. The van der Waals surface area contributed by atoms with Crippen LogP contribution in [0.2, 0.25) is 0 Å². The number of benzene rings is 1. The van der Waals surface area contributed by atoms with Gasteiger partial charge in [0.15, 0.2) is 0 Å². The second kappa shape index (κ2) is 4.77. The Morgan fingerprint density at radius 2 is 2.20 bits per heavy atom. The van der Waals surface area contributed by atoms with Crippen LogP contribution in [0, 0.1) is 0 Å². The van der Waals surface area contributed by atoms with Crippen molar-refractivity contribution in [1.82, 2.24) is 10.6 Å². The van der Waals surface area contributed by atoms with Gasteiger partial charge < -0.3 is 10.6 Å². The van der Waals surface area contributed by atoms with Crippen molar-refractivity contribution in [2.75, 3.05) is 13.1 Å². The molecule has 1 heterocycles. The topological polar surface area (TPSA) is 41.1 Å². The highest BCUT2D eigenvalue weighted by atomic mass is 79.9. The van der Waals surface area contributed by atoms with E-state index >= 15 is 0 Å². The maximum atomic E-state index is 11.4. The number of carbonyl (C=O) groups is 1. The van der Waals surface area contributed by atoms with Gasteiger partial charge in [-0.3, -0.25) is 4.79 Å². The van der Waals surface area contributed by atoms with E-state index in [0.717, 1.165) is 16.6 Å². The van der Waals surface area contributed by atoms with Crippen LogP contribution >= 0.6 is 15.9 Å². The first kappa shape index (κ1) is 10.6. The molecule has 1 aliphatic rings. The lowest BCUT2D eigenvalue weighted by Gasteiger charge is -2.14. The Morgan fingerprint density at radius 1 is 1.33 bits per heavy atom. The van der Waals surface area contributed by atoms with E-state index in [4.69, 9.17) is 0 Å². The third-order valence-corrected chi connectivity index (χ3v) is 2.97. The van der Waals surface area contributed by atoms with E-state index < -0.39 is 0 Å². The van der Waals surface area contributed by atoms with Crippen LogP contribution in [0.15, 0.2) is 28.7 Å². The Labute approximate surface area is 97.4 Å². The van der Waals surface area contributed by atoms with Crippen LogP contribution in [0.25, 0.3) is 0 Å². The maximum Gasteiger partial charge on any atom is 0.221 e. The summed E-state index contributed by atoms with van der Waals surface area (Å²) in [5.74, 6) is 0.116. The Hall–Kier alpha value is -0.870. The molecule has 2 rings (SSSR count). The van der Waals surface area contributed by atoms with Crippen LogP contribution in [-0.2, 0) is 4.79 Å². The first-order valence-corrected chi connectivity index (χ1v) is 5.80. The molecule has 15 heavy (non-hydrogen) atoms. The molecule has 1 atom stereocenters. The van der Waals surface area contributed by atoms with Crippen molar-refractivity contribution >= 4 is 21.8 Å². The molecule has 0 aliphatic carbocycles. The summed E-state index contributed by atoms with van der Waals surface area (Å²) in [5.41, 5.74) is 1.15. The van der Waals surface area contributed by atoms with Crippen molar-refractivity contribution in [2.24, 2.45) is 0 Å². The van der Waals surface area contributed by atoms with Gasteiger partial charge in [-0.15, -0.1) is 0 Å². The van der Waals surface area contributed by atoms with Gasteiger partial charge in [0.25, 0.3) is 0 Å². The molecule has 0 spiro atoms. The number of nitrogens with one attached hydrogen (secondary N) is 2. The molecule has 1 aliphatic heterocycles. The highest BCUT2D eigenvalue weighted by molar-refractivity contribution is 9.10. The van der Waals surface area contributed by atoms with Crippen LogP contribution < -0.4 is 10.6 Å². The molecule has 1 saturated heterocycles. The van der Waals surface area contributed by atoms with Crippen LogP contribution in [0.5, 0.6) is 0 Å². The fraction of sp³-hybridized carbons (Fsp3) is 0.364. The van der Waals surface area contributed by atoms with E-state index in [1.807, 2.05) is 18.2 Å². The summed E-state index contributed by atoms with van der Waals surface area (Å²) in [5, 5.41) is 6.20. The van der Waals surface area contributed by atoms with Gasteiger partial charge in [0, 0.05) is 30.0 Å². The van der Waals surface area contributed by atoms with E-state index in [-0.39, 0.29) is 11.9 Å². The fourth-order valence-electron chi connectivity index (χ4n) is 1.74. The third-order valence-electron chi connectivity index (χ3n) is 2.48. The molecule has 1 aromatic carbocycles. The standard InChI is InChI=1S/C11H13BrN2O/c12-9-3-1-2-8(6-9)10-7-11(15)14-5-4-13-10/h1-3,6,10,13H,4-5,7H2,(H,14,15). The molecule has 80 valence electrons. The molecule has 3 nitrogen and oxygen atoms in total. The quantitative estimate of drug-likeness (QED) is 0.813. The lowest BCUT2D eigenvalue weighted by atomic mass is 10.0. The van der Waals surface area contributed by atoms with E-state index in [1.54, 1.807) is 0 Å². The number of rotatable bonds is 1. The molecule has 1 fully saturated rings. The van der Waals surface area contributed by atoms with E-state index in [1.165, 1.54) is 0 Å². The minimum absolute atomic E-state index is 0.116. The van der Waals surface area contributed by atoms with Crippen molar-refractivity contribution in [3.05, 3.63) is 34.3 Å². The zero-order valence-electron chi connectivity index (χ0n) is 8.29. The van der Waals surface area contributed by atoms with E-state index in [9.17, 15) is 4.79 Å². The fourth-order valence-corrected chi connectivity index (χ4v) is 2.15. The van der Waals surface area contributed by atoms with Crippen molar-refractivity contribution in [1.29, 1.82) is 0 Å². The number of halogens is 1. The molecule has 1 amide bonds. The molecule has 1 aromatic rings. The number of amides is 1. The smallest absolute Gasteiger partial charge is 0.221 e. The molecule has 0 aromatic heterocycles. The van der Waals surface area contributed by atoms with Gasteiger partial charge in [0.05, 0.1) is 0 Å². The van der Waals surface area contributed by atoms with Crippen molar-refractivity contribution < 1.29 is 4.79 Å². The molecule has 1 unspecified atom stereocenters. The Kier molecular flexibility index (Phi) is 3.38. The summed E-state index contributed by atoms with van der Waals surface area (Å²) in [6, 6.07) is 8.20. The second-order valence-electron chi connectivity index (χ2n) is 3.62. The van der Waals surface area contributed by atoms with Crippen molar-refractivity contribution in [3.63, 3.8) is 0 Å². The number of hydrogen-bond acceptors (Lipinski definition) is 2. The van der Waals surface area contributed by atoms with Gasteiger partial charge in [-0.1, -0.05) is 28.1 Å². The number of carbonyl (C=O) groups excluding carboxylic acids is 1. The highest BCUT2D eigenvalue weighted by Gasteiger charge is 2.18. The summed E-state index contributed by atoms with van der Waals surface area (Å²) < 4.78 is 1.05. The van der Waals surface area contributed by atoms with Gasteiger partial charge in [-0.2, -0.15) is 0 Å². The van der Waals surface area contributed by atoms with Crippen molar-refractivity contribution in [3.8, 4) is 0 Å². The Bertz CT molecular complexity index is 367. The zero-order valence-corrected chi connectivity index (χ0v) is 9.88. The average Bonchev–Trinajstić information content (AvgIpc) is 2.43. The summed E-state index contributed by atoms with van der Waals surface area (Å²) >= 11 is 3.44. The predicted molar refractivity (Wildman–Crippen MR) is 62.5 cm³/mol. The summed E-state index contributed by atoms with van der Waals surface area (Å²) in [6.45, 7) is 1.53. The third kappa shape index (κ3) is 2.79. The van der Waals surface area contributed by atoms with Crippen LogP contribution in [-0.4, -0.2) is 19.0 Å². The number of hydrogen-bond donors (Lipinski definition) is 2. The second-order valence-corrected chi connectivity index (χ2v) is 4.53. The molecule has 2 N–H and O–H groups in total. The van der Waals surface area contributed by atoms with Gasteiger partial charge in [0.1, 0.15) is 0 Å². The van der Waals surface area contributed by atoms with Gasteiger partial charge in [-0.05, 0) is 17.7 Å². The van der Waals surface area contributed by atoms with E-state index in [0.29, 0.717) is 13.0 Å². The molecule has 4 heteroatoms. The molecular weight excluding hydrogens is 256 g/mol. The van der Waals surface area contributed by atoms with Crippen LogP contribution in [0.3, 0.4) is 0 Å². The van der Waals surface area contributed by atoms with Gasteiger partial charge in [0.2, 0.25) is 5.91 Å². The summed E-state index contributed by atoms with van der Waals surface area (Å²) in [7, 11) is 0. The minimum atomic E-state index is 0.116. The highest BCUT2D eigenvalue weighted by Crippen LogP contribution is 2.21. The summed E-state index contributed by atoms with van der Waals surface area (Å²) in [4.78, 5) is 11.4. The molecular formula is C11H13BrN2O. The average molecular weight is 269 g/mol. The normalized spacial score (nSPS) is 21.9. The maximum absolute atomic E-state index is 11.4. The van der Waals surface area contributed by atoms with Crippen LogP contribution in [0.1, 0.15) is 18.0 Å². The lowest BCUT2D eigenvalue weighted by Crippen LogP contribution is -2.24. The zero-order chi connectivity index (χ0) is 10.7. The van der Waals surface area contributed by atoms with Crippen LogP contribution in [0.4, 0.5) is 0 Å². The first-order chi connectivity index (χ1) is 7.25. The van der Waals surface area contributed by atoms with Gasteiger partial charge >= 0.3 is 0 Å². The first-order valence-electron chi connectivity index (χ1n) is 5.01. The monoisotopic (exact) mass is 268 g/mol. The largest absolute Gasteiger partial charge is 0.355 e. The van der Waals surface area contributed by atoms with Gasteiger partial charge in [-0.25, -0.2) is 0 Å². The minimum Gasteiger partial charge on any atom is -0.355 e. The predicted octanol–water partition coefficient (Wildman–Crippen LogP) is 1.60. The molecule has 0 saturated carbocycles. The SMILES string of the molecule is O=C1CC(c2cccc(Br)c2)NCCN1. The van der Waals surface area contributed by atoms with Crippen molar-refractivity contribution in [2.45, 2.75) is 12.5 Å². The van der Waals surface area contributed by atoms with E-state index in [2.05, 4.69) is 32.6 Å². The Balaban J connectivity index is 2.18. The summed E-state index contributed by atoms with van der Waals surface area (Å²) in [6.07, 6.45) is 0.510.